The second-order valence-corrected chi connectivity index (χ2v) is 3.87. The second-order valence-electron chi connectivity index (χ2n) is 3.87. The molecule has 2 unspecified atom stereocenters. The van der Waals surface area contributed by atoms with Crippen molar-refractivity contribution in [2.45, 2.75) is 71.5 Å². The highest BCUT2D eigenvalue weighted by Crippen LogP contribution is 2.10. The Labute approximate surface area is 92.8 Å². The summed E-state index contributed by atoms with van der Waals surface area (Å²) in [4.78, 5) is 11.4. The monoisotopic (exact) mass is 216 g/mol. The zero-order valence-corrected chi connectivity index (χ0v) is 10.2. The third-order valence-electron chi connectivity index (χ3n) is 2.52. The molecule has 0 aromatic rings. The van der Waals surface area contributed by atoms with E-state index < -0.39 is 6.10 Å². The molecule has 0 aliphatic carbocycles. The minimum Gasteiger partial charge on any atom is -0.460 e. The highest BCUT2D eigenvalue weighted by Gasteiger charge is 2.19. The number of aliphatic hydroxyl groups is 1. The molecule has 0 amide bonds. The molecular formula is C12H24O3. The number of hydrogen-bond donors (Lipinski definition) is 1. The maximum atomic E-state index is 11.4. The number of ether oxygens (including phenoxy) is 1. The largest absolute Gasteiger partial charge is 0.460 e. The average molecular weight is 216 g/mol. The Morgan fingerprint density at radius 1 is 1.20 bits per heavy atom. The van der Waals surface area contributed by atoms with Crippen LogP contribution in [0, 0.1) is 0 Å². The predicted molar refractivity (Wildman–Crippen MR) is 60.6 cm³/mol. The van der Waals surface area contributed by atoms with Crippen molar-refractivity contribution in [2.24, 2.45) is 0 Å². The van der Waals surface area contributed by atoms with Crippen LogP contribution in [0.4, 0.5) is 0 Å². The first-order valence-corrected chi connectivity index (χ1v) is 6.03. The first kappa shape index (κ1) is 14.4. The van der Waals surface area contributed by atoms with Gasteiger partial charge in [0.1, 0.15) is 6.10 Å². The fourth-order valence-electron chi connectivity index (χ4n) is 1.44. The van der Waals surface area contributed by atoms with Crippen LogP contribution >= 0.6 is 0 Å². The van der Waals surface area contributed by atoms with E-state index >= 15 is 0 Å². The highest BCUT2D eigenvalue weighted by molar-refractivity contribution is 5.69. The van der Waals surface area contributed by atoms with Crippen molar-refractivity contribution < 1.29 is 14.6 Å². The van der Waals surface area contributed by atoms with Gasteiger partial charge in [-0.25, -0.2) is 0 Å². The quantitative estimate of drug-likeness (QED) is 0.501. The van der Waals surface area contributed by atoms with Gasteiger partial charge >= 0.3 is 5.97 Å². The van der Waals surface area contributed by atoms with Gasteiger partial charge in [-0.2, -0.15) is 0 Å². The lowest BCUT2D eigenvalue weighted by Crippen LogP contribution is -2.30. The maximum absolute atomic E-state index is 11.4. The highest BCUT2D eigenvalue weighted by atomic mass is 16.6. The van der Waals surface area contributed by atoms with Crippen molar-refractivity contribution in [3.8, 4) is 0 Å². The Hall–Kier alpha value is -0.570. The first-order chi connectivity index (χ1) is 7.15. The Kier molecular flexibility index (Phi) is 8.38. The summed E-state index contributed by atoms with van der Waals surface area (Å²) in [5.74, 6) is -0.178. The van der Waals surface area contributed by atoms with Crippen LogP contribution in [-0.2, 0) is 9.53 Å². The molecule has 0 aromatic heterocycles. The molecule has 1 N–H and O–H groups in total. The van der Waals surface area contributed by atoms with E-state index in [4.69, 9.17) is 4.74 Å². The number of carbonyl (C=O) groups is 1. The first-order valence-electron chi connectivity index (χ1n) is 6.03. The number of hydrogen-bond acceptors (Lipinski definition) is 3. The molecule has 0 heterocycles. The normalized spacial score (nSPS) is 14.7. The molecule has 15 heavy (non-hydrogen) atoms. The number of unbranched alkanes of at least 4 members (excludes halogenated alkanes) is 2. The molecule has 0 aliphatic rings. The fraction of sp³-hybridized carbons (Fsp3) is 0.917. The third kappa shape index (κ3) is 6.50. The summed E-state index contributed by atoms with van der Waals surface area (Å²) >= 11 is 0. The van der Waals surface area contributed by atoms with Crippen molar-refractivity contribution >= 4 is 5.97 Å². The van der Waals surface area contributed by atoms with Crippen LogP contribution in [0.3, 0.4) is 0 Å². The molecule has 0 rings (SSSR count). The Morgan fingerprint density at radius 3 is 2.33 bits per heavy atom. The van der Waals surface area contributed by atoms with Gasteiger partial charge in [-0.3, -0.25) is 4.79 Å². The lowest BCUT2D eigenvalue weighted by Gasteiger charge is -2.20. The van der Waals surface area contributed by atoms with Gasteiger partial charge < -0.3 is 9.84 Å². The van der Waals surface area contributed by atoms with Gasteiger partial charge in [0.2, 0.25) is 0 Å². The Balaban J connectivity index is 3.80. The van der Waals surface area contributed by atoms with Crippen molar-refractivity contribution in [3.63, 3.8) is 0 Å². The molecule has 2 atom stereocenters. The van der Waals surface area contributed by atoms with E-state index in [1.807, 2.05) is 13.8 Å². The average Bonchev–Trinajstić information content (AvgIpc) is 2.25. The van der Waals surface area contributed by atoms with Crippen molar-refractivity contribution in [2.75, 3.05) is 0 Å². The lowest BCUT2D eigenvalue weighted by atomic mass is 10.1. The number of carbonyl (C=O) groups excluding carboxylic acids is 1. The molecule has 0 spiro atoms. The Morgan fingerprint density at radius 2 is 1.87 bits per heavy atom. The zero-order chi connectivity index (χ0) is 11.7. The summed E-state index contributed by atoms with van der Waals surface area (Å²) in [7, 11) is 0. The van der Waals surface area contributed by atoms with Gasteiger partial charge in [-0.15, -0.1) is 0 Å². The molecule has 0 fully saturated rings. The maximum Gasteiger partial charge on any atom is 0.306 e. The molecule has 0 saturated heterocycles. The molecule has 90 valence electrons. The summed E-state index contributed by atoms with van der Waals surface area (Å²) in [6, 6.07) is 0. The number of rotatable bonds is 8. The van der Waals surface area contributed by atoms with E-state index in [1.54, 1.807) is 0 Å². The predicted octanol–water partition coefficient (Wildman–Crippen LogP) is 2.66. The summed E-state index contributed by atoms with van der Waals surface area (Å²) in [5.41, 5.74) is 0. The zero-order valence-electron chi connectivity index (χ0n) is 10.2. The molecular weight excluding hydrogens is 192 g/mol. The number of esters is 1. The van der Waals surface area contributed by atoms with E-state index in [1.165, 1.54) is 0 Å². The van der Waals surface area contributed by atoms with Gasteiger partial charge in [-0.05, 0) is 19.3 Å². The smallest absolute Gasteiger partial charge is 0.306 e. The molecule has 3 heteroatoms. The molecule has 0 saturated carbocycles. The van der Waals surface area contributed by atoms with Gasteiger partial charge in [0, 0.05) is 6.42 Å². The summed E-state index contributed by atoms with van der Waals surface area (Å²) in [5, 5.41) is 9.56. The van der Waals surface area contributed by atoms with Crippen molar-refractivity contribution in [1.82, 2.24) is 0 Å². The van der Waals surface area contributed by atoms with E-state index in [-0.39, 0.29) is 12.1 Å². The van der Waals surface area contributed by atoms with Crippen LogP contribution in [0.2, 0.25) is 0 Å². The molecule has 3 nitrogen and oxygen atoms in total. The standard InChI is InChI=1S/C12H24O3/c1-4-7-8-9-12(14)15-11(6-3)10(13)5-2/h10-11,13H,4-9H2,1-3H3. The van der Waals surface area contributed by atoms with E-state index in [0.29, 0.717) is 19.3 Å². The molecule has 0 radical (unpaired) electrons. The van der Waals surface area contributed by atoms with Crippen LogP contribution in [0.1, 0.15) is 59.3 Å². The van der Waals surface area contributed by atoms with Gasteiger partial charge in [0.05, 0.1) is 6.10 Å². The summed E-state index contributed by atoms with van der Waals surface area (Å²) in [6.07, 6.45) is 3.96. The van der Waals surface area contributed by atoms with Gasteiger partial charge in [0.15, 0.2) is 0 Å². The summed E-state index contributed by atoms with van der Waals surface area (Å²) in [6.45, 7) is 5.90. The topological polar surface area (TPSA) is 46.5 Å². The third-order valence-corrected chi connectivity index (χ3v) is 2.52. The minimum absolute atomic E-state index is 0.178. The minimum atomic E-state index is -0.523. The van der Waals surface area contributed by atoms with Gasteiger partial charge in [-0.1, -0.05) is 33.6 Å². The van der Waals surface area contributed by atoms with Crippen LogP contribution in [0.25, 0.3) is 0 Å². The van der Waals surface area contributed by atoms with Crippen LogP contribution in [0.15, 0.2) is 0 Å². The van der Waals surface area contributed by atoms with Crippen molar-refractivity contribution in [1.29, 1.82) is 0 Å². The SMILES string of the molecule is CCCCCC(=O)OC(CC)C(O)CC. The fourth-order valence-corrected chi connectivity index (χ4v) is 1.44. The molecule has 0 aromatic carbocycles. The van der Waals surface area contributed by atoms with Crippen LogP contribution in [-0.4, -0.2) is 23.3 Å². The number of aliphatic hydroxyl groups excluding tert-OH is 1. The van der Waals surface area contributed by atoms with E-state index in [9.17, 15) is 9.90 Å². The van der Waals surface area contributed by atoms with E-state index in [2.05, 4.69) is 6.92 Å². The lowest BCUT2D eigenvalue weighted by molar-refractivity contribution is -0.155. The van der Waals surface area contributed by atoms with Crippen molar-refractivity contribution in [3.05, 3.63) is 0 Å². The molecule has 0 bridgehead atoms. The second kappa shape index (κ2) is 8.72. The van der Waals surface area contributed by atoms with Crippen LogP contribution < -0.4 is 0 Å². The Bertz CT molecular complexity index is 168. The molecule has 0 aliphatic heterocycles. The summed E-state index contributed by atoms with van der Waals surface area (Å²) < 4.78 is 5.21. The van der Waals surface area contributed by atoms with E-state index in [0.717, 1.165) is 19.3 Å². The van der Waals surface area contributed by atoms with Crippen LogP contribution in [0.5, 0.6) is 0 Å². The van der Waals surface area contributed by atoms with Gasteiger partial charge in [0.25, 0.3) is 0 Å².